The van der Waals surface area contributed by atoms with Crippen molar-refractivity contribution in [3.8, 4) is 5.75 Å². The van der Waals surface area contributed by atoms with Crippen LogP contribution >= 0.6 is 0 Å². The van der Waals surface area contributed by atoms with Crippen LogP contribution in [0.2, 0.25) is 0 Å². The molecule has 1 aliphatic carbocycles. The van der Waals surface area contributed by atoms with Crippen LogP contribution < -0.4 is 10.1 Å². The quantitative estimate of drug-likeness (QED) is 0.802. The van der Waals surface area contributed by atoms with E-state index in [0.717, 1.165) is 31.2 Å². The van der Waals surface area contributed by atoms with Gasteiger partial charge in [0.05, 0.1) is 6.61 Å². The van der Waals surface area contributed by atoms with E-state index in [1.54, 1.807) is 0 Å². The molecule has 0 amide bonds. The van der Waals surface area contributed by atoms with Crippen LogP contribution in [0.4, 0.5) is 5.69 Å². The summed E-state index contributed by atoms with van der Waals surface area (Å²) in [7, 11) is 0. The van der Waals surface area contributed by atoms with Crippen LogP contribution in [-0.4, -0.2) is 13.2 Å². The van der Waals surface area contributed by atoms with Gasteiger partial charge in [-0.05, 0) is 48.9 Å². The van der Waals surface area contributed by atoms with E-state index in [0.29, 0.717) is 0 Å². The van der Waals surface area contributed by atoms with Crippen molar-refractivity contribution in [1.82, 2.24) is 0 Å². The van der Waals surface area contributed by atoms with Gasteiger partial charge < -0.3 is 10.1 Å². The second-order valence-electron chi connectivity index (χ2n) is 4.95. The summed E-state index contributed by atoms with van der Waals surface area (Å²) < 4.78 is 5.51. The molecule has 2 nitrogen and oxygen atoms in total. The van der Waals surface area contributed by atoms with E-state index in [9.17, 15) is 0 Å². The molecule has 2 aliphatic rings. The van der Waals surface area contributed by atoms with Crippen molar-refractivity contribution < 1.29 is 4.74 Å². The normalized spacial score (nSPS) is 22.0. The maximum atomic E-state index is 5.51. The standard InChI is InChI=1S/C15H19NO/c1-2-4-12(5-3-1)11-16-14-6-7-15-13(10-14)8-9-17-15/h1-2,6-7,10,12,16H,3-5,8-9,11H2. The molecule has 1 aromatic rings. The molecule has 1 aromatic carbocycles. The number of anilines is 1. The minimum atomic E-state index is 0.796. The molecule has 1 atom stereocenters. The zero-order valence-corrected chi connectivity index (χ0v) is 10.1. The smallest absolute Gasteiger partial charge is 0.122 e. The first-order chi connectivity index (χ1) is 8.42. The highest BCUT2D eigenvalue weighted by molar-refractivity contribution is 5.52. The van der Waals surface area contributed by atoms with Gasteiger partial charge in [0.25, 0.3) is 0 Å². The molecule has 3 rings (SSSR count). The van der Waals surface area contributed by atoms with Crippen LogP contribution in [0.1, 0.15) is 24.8 Å². The van der Waals surface area contributed by atoms with Crippen LogP contribution in [0.5, 0.6) is 5.75 Å². The van der Waals surface area contributed by atoms with Gasteiger partial charge in [-0.3, -0.25) is 0 Å². The van der Waals surface area contributed by atoms with E-state index in [2.05, 4.69) is 35.7 Å². The van der Waals surface area contributed by atoms with Crippen molar-refractivity contribution in [3.63, 3.8) is 0 Å². The topological polar surface area (TPSA) is 21.3 Å². The molecule has 2 heteroatoms. The van der Waals surface area contributed by atoms with Crippen molar-refractivity contribution >= 4 is 5.69 Å². The Morgan fingerprint density at radius 3 is 3.18 bits per heavy atom. The monoisotopic (exact) mass is 229 g/mol. The van der Waals surface area contributed by atoms with Gasteiger partial charge in [0.2, 0.25) is 0 Å². The molecule has 90 valence electrons. The third kappa shape index (κ3) is 2.46. The van der Waals surface area contributed by atoms with Crippen LogP contribution in [0, 0.1) is 5.92 Å². The van der Waals surface area contributed by atoms with Gasteiger partial charge in [-0.15, -0.1) is 0 Å². The van der Waals surface area contributed by atoms with Gasteiger partial charge in [-0.1, -0.05) is 12.2 Å². The van der Waals surface area contributed by atoms with E-state index in [1.165, 1.54) is 30.5 Å². The van der Waals surface area contributed by atoms with Gasteiger partial charge in [0.1, 0.15) is 5.75 Å². The van der Waals surface area contributed by atoms with Crippen molar-refractivity contribution in [2.75, 3.05) is 18.5 Å². The summed E-state index contributed by atoms with van der Waals surface area (Å²) in [5, 5.41) is 3.55. The molecule has 0 bridgehead atoms. The Hall–Kier alpha value is -1.44. The zero-order valence-electron chi connectivity index (χ0n) is 10.1. The van der Waals surface area contributed by atoms with Crippen molar-refractivity contribution in [2.24, 2.45) is 5.92 Å². The van der Waals surface area contributed by atoms with E-state index in [1.807, 2.05) is 0 Å². The van der Waals surface area contributed by atoms with Crippen molar-refractivity contribution in [1.29, 1.82) is 0 Å². The van der Waals surface area contributed by atoms with E-state index in [-0.39, 0.29) is 0 Å². The fraction of sp³-hybridized carbons (Fsp3) is 0.467. The molecule has 1 unspecified atom stereocenters. The second kappa shape index (κ2) is 4.82. The second-order valence-corrected chi connectivity index (χ2v) is 4.95. The Morgan fingerprint density at radius 2 is 2.29 bits per heavy atom. The number of fused-ring (bicyclic) bond motifs is 1. The number of hydrogen-bond donors (Lipinski definition) is 1. The Balaban J connectivity index is 1.59. The lowest BCUT2D eigenvalue weighted by molar-refractivity contribution is 0.357. The van der Waals surface area contributed by atoms with Gasteiger partial charge >= 0.3 is 0 Å². The molecule has 1 N–H and O–H groups in total. The first-order valence-corrected chi connectivity index (χ1v) is 6.56. The summed E-state index contributed by atoms with van der Waals surface area (Å²) in [6.07, 6.45) is 9.44. The van der Waals surface area contributed by atoms with E-state index in [4.69, 9.17) is 4.74 Å². The highest BCUT2D eigenvalue weighted by Gasteiger charge is 2.13. The van der Waals surface area contributed by atoms with Crippen LogP contribution in [0.15, 0.2) is 30.4 Å². The maximum Gasteiger partial charge on any atom is 0.122 e. The molecule has 0 aromatic heterocycles. The van der Waals surface area contributed by atoms with E-state index < -0.39 is 0 Å². The van der Waals surface area contributed by atoms with Gasteiger partial charge in [0.15, 0.2) is 0 Å². The molecule has 0 radical (unpaired) electrons. The van der Waals surface area contributed by atoms with Crippen LogP contribution in [0.25, 0.3) is 0 Å². The Morgan fingerprint density at radius 1 is 1.29 bits per heavy atom. The average Bonchev–Trinajstić information content (AvgIpc) is 2.85. The lowest BCUT2D eigenvalue weighted by Gasteiger charge is -2.19. The minimum absolute atomic E-state index is 0.796. The summed E-state index contributed by atoms with van der Waals surface area (Å²) >= 11 is 0. The van der Waals surface area contributed by atoms with Crippen molar-refractivity contribution in [2.45, 2.75) is 25.7 Å². The largest absolute Gasteiger partial charge is 0.493 e. The Bertz CT molecular complexity index is 425. The number of ether oxygens (including phenoxy) is 1. The van der Waals surface area contributed by atoms with Crippen molar-refractivity contribution in [3.05, 3.63) is 35.9 Å². The fourth-order valence-corrected chi connectivity index (χ4v) is 2.60. The minimum Gasteiger partial charge on any atom is -0.493 e. The summed E-state index contributed by atoms with van der Waals surface area (Å²) in [6, 6.07) is 6.45. The maximum absolute atomic E-state index is 5.51. The number of rotatable bonds is 3. The first-order valence-electron chi connectivity index (χ1n) is 6.56. The molecule has 17 heavy (non-hydrogen) atoms. The molecule has 0 spiro atoms. The third-order valence-electron chi connectivity index (χ3n) is 3.66. The molecular formula is C15H19NO. The van der Waals surface area contributed by atoms with Crippen LogP contribution in [-0.2, 0) is 6.42 Å². The predicted molar refractivity (Wildman–Crippen MR) is 70.6 cm³/mol. The average molecular weight is 229 g/mol. The molecule has 0 fully saturated rings. The highest BCUT2D eigenvalue weighted by atomic mass is 16.5. The lowest BCUT2D eigenvalue weighted by atomic mass is 9.94. The first kappa shape index (κ1) is 10.7. The number of allylic oxidation sites excluding steroid dienone is 2. The number of benzene rings is 1. The third-order valence-corrected chi connectivity index (χ3v) is 3.66. The Kier molecular flexibility index (Phi) is 3.04. The van der Waals surface area contributed by atoms with E-state index >= 15 is 0 Å². The zero-order chi connectivity index (χ0) is 11.5. The molecular weight excluding hydrogens is 210 g/mol. The molecule has 0 saturated carbocycles. The van der Waals surface area contributed by atoms with Gasteiger partial charge in [-0.2, -0.15) is 0 Å². The molecule has 0 saturated heterocycles. The number of hydrogen-bond acceptors (Lipinski definition) is 2. The summed E-state index contributed by atoms with van der Waals surface area (Å²) in [4.78, 5) is 0. The Labute approximate surface area is 103 Å². The number of nitrogens with one attached hydrogen (secondary N) is 1. The molecule has 1 aliphatic heterocycles. The fourth-order valence-electron chi connectivity index (χ4n) is 2.60. The lowest BCUT2D eigenvalue weighted by Crippen LogP contribution is -2.15. The molecule has 1 heterocycles. The summed E-state index contributed by atoms with van der Waals surface area (Å²) in [6.45, 7) is 1.93. The predicted octanol–water partition coefficient (Wildman–Crippen LogP) is 3.39. The summed E-state index contributed by atoms with van der Waals surface area (Å²) in [5.41, 5.74) is 2.59. The SMILES string of the molecule is C1=CCC(CNc2ccc3c(c2)CCO3)CC1. The summed E-state index contributed by atoms with van der Waals surface area (Å²) in [5.74, 6) is 1.86. The highest BCUT2D eigenvalue weighted by Crippen LogP contribution is 2.28. The van der Waals surface area contributed by atoms with Gasteiger partial charge in [0, 0.05) is 18.7 Å². The van der Waals surface area contributed by atoms with Crippen LogP contribution in [0.3, 0.4) is 0 Å². The van der Waals surface area contributed by atoms with Gasteiger partial charge in [-0.25, -0.2) is 0 Å².